The lowest BCUT2D eigenvalue weighted by Crippen LogP contribution is -2.36. The number of nitrogens with one attached hydrogen (secondary N) is 1. The van der Waals surface area contributed by atoms with Crippen molar-refractivity contribution in [3.63, 3.8) is 0 Å². The molecule has 2 aliphatic heterocycles. The van der Waals surface area contributed by atoms with Gasteiger partial charge in [0.1, 0.15) is 0 Å². The molecule has 0 radical (unpaired) electrons. The van der Waals surface area contributed by atoms with E-state index in [2.05, 4.69) is 39.4 Å². The van der Waals surface area contributed by atoms with Crippen molar-refractivity contribution < 1.29 is 14.6 Å². The van der Waals surface area contributed by atoms with Crippen LogP contribution in [0, 0.1) is 0 Å². The molecule has 160 valence electrons. The highest BCUT2D eigenvalue weighted by Gasteiger charge is 2.17. The third-order valence-corrected chi connectivity index (χ3v) is 5.95. The topological polar surface area (TPSA) is 65.0 Å². The summed E-state index contributed by atoms with van der Waals surface area (Å²) in [6.45, 7) is 6.61. The van der Waals surface area contributed by atoms with Gasteiger partial charge in [-0.1, -0.05) is 24.3 Å². The average molecular weight is 410 g/mol. The summed E-state index contributed by atoms with van der Waals surface area (Å²) < 4.78 is 5.39. The monoisotopic (exact) mass is 409 g/mol. The number of amides is 1. The van der Waals surface area contributed by atoms with Crippen LogP contribution in [0.15, 0.2) is 48.5 Å². The highest BCUT2D eigenvalue weighted by molar-refractivity contribution is 5.94. The molecule has 2 aromatic carbocycles. The summed E-state index contributed by atoms with van der Waals surface area (Å²) in [5.74, 6) is -0.0560. The quantitative estimate of drug-likeness (QED) is 0.767. The molecular weight excluding hydrogens is 378 g/mol. The minimum Gasteiger partial charge on any atom is -0.393 e. The summed E-state index contributed by atoms with van der Waals surface area (Å²) in [4.78, 5) is 17.1. The second-order valence-corrected chi connectivity index (χ2v) is 8.15. The lowest BCUT2D eigenvalue weighted by molar-refractivity contribution is 0.0792. The van der Waals surface area contributed by atoms with Gasteiger partial charge in [-0.05, 0) is 48.2 Å². The Morgan fingerprint density at radius 1 is 0.933 bits per heavy atom. The molecule has 0 aliphatic carbocycles. The number of rotatable bonds is 6. The number of aliphatic hydroxyl groups excluding tert-OH is 1. The SMILES string of the molecule is O=C(NCc1ccc(CN2CCC(O)CC2)cc1)c1ccc(N2CCOCC2)cc1. The van der Waals surface area contributed by atoms with Gasteiger partial charge in [-0.15, -0.1) is 0 Å². The molecule has 30 heavy (non-hydrogen) atoms. The Hall–Kier alpha value is -2.41. The predicted molar refractivity (Wildman–Crippen MR) is 118 cm³/mol. The molecule has 0 spiro atoms. The Balaban J connectivity index is 1.25. The van der Waals surface area contributed by atoms with E-state index in [-0.39, 0.29) is 12.0 Å². The van der Waals surface area contributed by atoms with Crippen molar-refractivity contribution in [1.29, 1.82) is 0 Å². The number of carbonyl (C=O) groups is 1. The molecule has 2 N–H and O–H groups in total. The van der Waals surface area contributed by atoms with Crippen molar-refractivity contribution in [3.05, 3.63) is 65.2 Å². The fraction of sp³-hybridized carbons (Fsp3) is 0.458. The largest absolute Gasteiger partial charge is 0.393 e. The molecule has 4 rings (SSSR count). The van der Waals surface area contributed by atoms with Crippen molar-refractivity contribution in [2.24, 2.45) is 0 Å². The van der Waals surface area contributed by atoms with E-state index in [0.29, 0.717) is 12.1 Å². The van der Waals surface area contributed by atoms with E-state index >= 15 is 0 Å². The van der Waals surface area contributed by atoms with Gasteiger partial charge in [0.05, 0.1) is 19.3 Å². The first-order valence-corrected chi connectivity index (χ1v) is 10.9. The first kappa shape index (κ1) is 20.8. The lowest BCUT2D eigenvalue weighted by atomic mass is 10.1. The maximum Gasteiger partial charge on any atom is 0.251 e. The molecule has 1 amide bonds. The zero-order chi connectivity index (χ0) is 20.8. The summed E-state index contributed by atoms with van der Waals surface area (Å²) in [7, 11) is 0. The minimum absolute atomic E-state index is 0.0560. The second kappa shape index (κ2) is 10.1. The molecule has 2 fully saturated rings. The summed E-state index contributed by atoms with van der Waals surface area (Å²) in [5, 5.41) is 12.6. The molecule has 6 heteroatoms. The van der Waals surface area contributed by atoms with Crippen LogP contribution < -0.4 is 10.2 Å². The van der Waals surface area contributed by atoms with E-state index in [9.17, 15) is 9.90 Å². The molecule has 2 aromatic rings. The molecule has 2 heterocycles. The third-order valence-electron chi connectivity index (χ3n) is 5.95. The van der Waals surface area contributed by atoms with Gasteiger partial charge in [0.15, 0.2) is 0 Å². The van der Waals surface area contributed by atoms with Gasteiger partial charge < -0.3 is 20.1 Å². The van der Waals surface area contributed by atoms with Crippen LogP contribution in [0.5, 0.6) is 0 Å². The van der Waals surface area contributed by atoms with E-state index in [1.165, 1.54) is 5.56 Å². The van der Waals surface area contributed by atoms with Gasteiger partial charge in [0.2, 0.25) is 0 Å². The number of morpholine rings is 1. The standard InChI is InChI=1S/C24H31N3O3/c28-23-9-11-26(12-10-23)18-20-3-1-19(2-4-20)17-25-24(29)21-5-7-22(8-6-21)27-13-15-30-16-14-27/h1-8,23,28H,9-18H2,(H,25,29). The zero-order valence-corrected chi connectivity index (χ0v) is 17.4. The van der Waals surface area contributed by atoms with Gasteiger partial charge >= 0.3 is 0 Å². The number of piperidine rings is 1. The summed E-state index contributed by atoms with van der Waals surface area (Å²) in [5.41, 5.74) is 4.16. The van der Waals surface area contributed by atoms with Crippen LogP contribution in [-0.4, -0.2) is 61.4 Å². The van der Waals surface area contributed by atoms with Gasteiger partial charge in [0, 0.05) is 50.5 Å². The van der Waals surface area contributed by atoms with Gasteiger partial charge in [-0.3, -0.25) is 9.69 Å². The van der Waals surface area contributed by atoms with E-state index in [0.717, 1.165) is 70.0 Å². The summed E-state index contributed by atoms with van der Waals surface area (Å²) in [6.07, 6.45) is 1.58. The molecule has 0 unspecified atom stereocenters. The molecular formula is C24H31N3O3. The van der Waals surface area contributed by atoms with E-state index < -0.39 is 0 Å². The van der Waals surface area contributed by atoms with Gasteiger partial charge in [-0.2, -0.15) is 0 Å². The predicted octanol–water partition coefficient (Wildman–Crippen LogP) is 2.41. The number of likely N-dealkylation sites (tertiary alicyclic amines) is 1. The molecule has 0 aromatic heterocycles. The highest BCUT2D eigenvalue weighted by Crippen LogP contribution is 2.17. The molecule has 0 atom stereocenters. The number of anilines is 1. The van der Waals surface area contributed by atoms with Crippen molar-refractivity contribution in [2.75, 3.05) is 44.3 Å². The summed E-state index contributed by atoms with van der Waals surface area (Å²) in [6, 6.07) is 16.2. The molecule has 0 saturated carbocycles. The summed E-state index contributed by atoms with van der Waals surface area (Å²) >= 11 is 0. The van der Waals surface area contributed by atoms with Crippen LogP contribution in [0.2, 0.25) is 0 Å². The van der Waals surface area contributed by atoms with Gasteiger partial charge in [-0.25, -0.2) is 0 Å². The highest BCUT2D eigenvalue weighted by atomic mass is 16.5. The second-order valence-electron chi connectivity index (χ2n) is 8.15. The molecule has 2 saturated heterocycles. The van der Waals surface area contributed by atoms with Crippen LogP contribution in [-0.2, 0) is 17.8 Å². The van der Waals surface area contributed by atoms with Crippen LogP contribution in [0.25, 0.3) is 0 Å². The maximum atomic E-state index is 12.5. The van der Waals surface area contributed by atoms with Crippen LogP contribution in [0.4, 0.5) is 5.69 Å². The average Bonchev–Trinajstić information content (AvgIpc) is 2.80. The fourth-order valence-corrected chi connectivity index (χ4v) is 4.03. The number of hydrogen-bond acceptors (Lipinski definition) is 5. The van der Waals surface area contributed by atoms with Crippen molar-refractivity contribution in [1.82, 2.24) is 10.2 Å². The normalized spacial score (nSPS) is 18.4. The number of aliphatic hydroxyl groups is 1. The van der Waals surface area contributed by atoms with E-state index in [4.69, 9.17) is 4.74 Å². The Labute approximate surface area is 178 Å². The molecule has 6 nitrogen and oxygen atoms in total. The van der Waals surface area contributed by atoms with Crippen molar-refractivity contribution in [2.45, 2.75) is 32.0 Å². The fourth-order valence-electron chi connectivity index (χ4n) is 4.03. The smallest absolute Gasteiger partial charge is 0.251 e. The molecule has 2 aliphatic rings. The van der Waals surface area contributed by atoms with E-state index in [1.807, 2.05) is 24.3 Å². The van der Waals surface area contributed by atoms with Crippen LogP contribution >= 0.6 is 0 Å². The van der Waals surface area contributed by atoms with Crippen LogP contribution in [0.1, 0.15) is 34.3 Å². The Morgan fingerprint density at radius 2 is 1.57 bits per heavy atom. The van der Waals surface area contributed by atoms with E-state index in [1.54, 1.807) is 0 Å². The van der Waals surface area contributed by atoms with Gasteiger partial charge in [0.25, 0.3) is 5.91 Å². The first-order valence-electron chi connectivity index (χ1n) is 10.9. The van der Waals surface area contributed by atoms with Crippen LogP contribution in [0.3, 0.4) is 0 Å². The zero-order valence-electron chi connectivity index (χ0n) is 17.4. The lowest BCUT2D eigenvalue weighted by Gasteiger charge is -2.29. The Kier molecular flexibility index (Phi) is 7.00. The third kappa shape index (κ3) is 5.59. The number of carbonyl (C=O) groups excluding carboxylic acids is 1. The van der Waals surface area contributed by atoms with Crippen molar-refractivity contribution in [3.8, 4) is 0 Å². The number of nitrogens with zero attached hydrogens (tertiary/aromatic N) is 2. The minimum atomic E-state index is -0.136. The first-order chi connectivity index (χ1) is 14.7. The van der Waals surface area contributed by atoms with Crippen molar-refractivity contribution >= 4 is 11.6 Å². The number of hydrogen-bond donors (Lipinski definition) is 2. The number of benzene rings is 2. The Bertz CT molecular complexity index is 809. The number of ether oxygens (including phenoxy) is 1. The molecule has 0 bridgehead atoms. The Morgan fingerprint density at radius 3 is 2.23 bits per heavy atom. The maximum absolute atomic E-state index is 12.5.